The van der Waals surface area contributed by atoms with Crippen LogP contribution in [-0.2, 0) is 11.3 Å². The summed E-state index contributed by atoms with van der Waals surface area (Å²) >= 11 is 0. The Morgan fingerprint density at radius 2 is 2.26 bits per heavy atom. The normalized spacial score (nSPS) is 13.3. The third-order valence-corrected chi connectivity index (χ3v) is 3.13. The van der Waals surface area contributed by atoms with Gasteiger partial charge in [-0.05, 0) is 26.1 Å². The lowest BCUT2D eigenvalue weighted by Gasteiger charge is -2.20. The number of aliphatic hydroxyl groups excluding tert-OH is 1. The average molecular weight is 263 g/mol. The maximum Gasteiger partial charge on any atom is 0.137 e. The highest BCUT2D eigenvalue weighted by molar-refractivity contribution is 5.42. The molecule has 0 aliphatic heterocycles. The van der Waals surface area contributed by atoms with Crippen molar-refractivity contribution in [2.45, 2.75) is 19.6 Å². The minimum Gasteiger partial charge on any atom is -0.389 e. The molecule has 0 radical (unpaired) electrons. The molecule has 0 bridgehead atoms. The van der Waals surface area contributed by atoms with E-state index in [9.17, 15) is 5.11 Å². The van der Waals surface area contributed by atoms with Crippen molar-refractivity contribution in [1.82, 2.24) is 14.3 Å². The van der Waals surface area contributed by atoms with Gasteiger partial charge in [-0.25, -0.2) is 4.98 Å². The van der Waals surface area contributed by atoms with Crippen molar-refractivity contribution in [3.05, 3.63) is 35.8 Å². The van der Waals surface area contributed by atoms with Gasteiger partial charge in [-0.1, -0.05) is 6.07 Å². The summed E-state index contributed by atoms with van der Waals surface area (Å²) in [6.45, 7) is 3.70. The van der Waals surface area contributed by atoms with Gasteiger partial charge >= 0.3 is 0 Å². The topological polar surface area (TPSA) is 50.0 Å². The number of ether oxygens (including phenoxy) is 1. The predicted molar refractivity (Wildman–Crippen MR) is 74.1 cm³/mol. The van der Waals surface area contributed by atoms with Gasteiger partial charge in [0, 0.05) is 26.4 Å². The van der Waals surface area contributed by atoms with E-state index < -0.39 is 6.10 Å². The molecule has 2 aromatic rings. The first kappa shape index (κ1) is 14.0. The summed E-state index contributed by atoms with van der Waals surface area (Å²) in [5.41, 5.74) is 3.14. The van der Waals surface area contributed by atoms with Crippen molar-refractivity contribution in [2.75, 3.05) is 27.3 Å². The highest BCUT2D eigenvalue weighted by atomic mass is 16.5. The fourth-order valence-corrected chi connectivity index (χ4v) is 2.28. The van der Waals surface area contributed by atoms with Gasteiger partial charge in [0.25, 0.3) is 0 Å². The van der Waals surface area contributed by atoms with Gasteiger partial charge in [0.2, 0.25) is 0 Å². The Bertz CT molecular complexity index is 538. The van der Waals surface area contributed by atoms with Crippen LogP contribution in [0.1, 0.15) is 11.4 Å². The zero-order chi connectivity index (χ0) is 13.8. The Morgan fingerprint density at radius 3 is 3.00 bits per heavy atom. The molecule has 19 heavy (non-hydrogen) atoms. The quantitative estimate of drug-likeness (QED) is 0.847. The zero-order valence-electron chi connectivity index (χ0n) is 11.7. The van der Waals surface area contributed by atoms with E-state index in [4.69, 9.17) is 4.74 Å². The van der Waals surface area contributed by atoms with Crippen LogP contribution in [0.4, 0.5) is 0 Å². The lowest BCUT2D eigenvalue weighted by Crippen LogP contribution is -2.32. The molecule has 0 fully saturated rings. The monoisotopic (exact) mass is 263 g/mol. The van der Waals surface area contributed by atoms with E-state index in [0.717, 1.165) is 23.6 Å². The number of methoxy groups -OCH3 is 1. The molecule has 2 heterocycles. The molecule has 5 nitrogen and oxygen atoms in total. The van der Waals surface area contributed by atoms with Crippen molar-refractivity contribution >= 4 is 5.65 Å². The van der Waals surface area contributed by atoms with E-state index in [1.807, 2.05) is 38.4 Å². The molecule has 2 rings (SSSR count). The maximum absolute atomic E-state index is 9.74. The number of aromatic nitrogens is 2. The van der Waals surface area contributed by atoms with Gasteiger partial charge in [-0.2, -0.15) is 0 Å². The zero-order valence-corrected chi connectivity index (χ0v) is 11.7. The van der Waals surface area contributed by atoms with Crippen LogP contribution in [0.25, 0.3) is 5.65 Å². The van der Waals surface area contributed by atoms with E-state index >= 15 is 0 Å². The summed E-state index contributed by atoms with van der Waals surface area (Å²) in [4.78, 5) is 6.61. The number of fused-ring (bicyclic) bond motifs is 1. The van der Waals surface area contributed by atoms with Crippen LogP contribution in [0, 0.1) is 6.92 Å². The molecule has 0 spiro atoms. The van der Waals surface area contributed by atoms with Crippen molar-refractivity contribution < 1.29 is 9.84 Å². The van der Waals surface area contributed by atoms with Crippen molar-refractivity contribution in [2.24, 2.45) is 0 Å². The van der Waals surface area contributed by atoms with E-state index in [1.165, 1.54) is 0 Å². The second-order valence-electron chi connectivity index (χ2n) is 4.88. The molecule has 1 atom stereocenters. The van der Waals surface area contributed by atoms with Gasteiger partial charge in [-0.15, -0.1) is 0 Å². The highest BCUT2D eigenvalue weighted by Crippen LogP contribution is 2.13. The number of rotatable bonds is 6. The minimum atomic E-state index is -0.463. The van der Waals surface area contributed by atoms with Gasteiger partial charge in [0.1, 0.15) is 5.65 Å². The lowest BCUT2D eigenvalue weighted by atomic mass is 10.3. The van der Waals surface area contributed by atoms with Crippen molar-refractivity contribution in [1.29, 1.82) is 0 Å². The van der Waals surface area contributed by atoms with Crippen LogP contribution in [-0.4, -0.2) is 52.8 Å². The summed E-state index contributed by atoms with van der Waals surface area (Å²) in [6.07, 6.45) is 1.55. The number of imidazole rings is 1. The largest absolute Gasteiger partial charge is 0.389 e. The van der Waals surface area contributed by atoms with Crippen LogP contribution in [0.5, 0.6) is 0 Å². The lowest BCUT2D eigenvalue weighted by molar-refractivity contribution is 0.0416. The minimum absolute atomic E-state index is 0.358. The van der Waals surface area contributed by atoms with Crippen molar-refractivity contribution in [3.63, 3.8) is 0 Å². The van der Waals surface area contributed by atoms with Crippen LogP contribution in [0.2, 0.25) is 0 Å². The Morgan fingerprint density at radius 1 is 1.47 bits per heavy atom. The third-order valence-electron chi connectivity index (χ3n) is 3.13. The Labute approximate surface area is 113 Å². The summed E-state index contributed by atoms with van der Waals surface area (Å²) in [7, 11) is 3.58. The van der Waals surface area contributed by atoms with E-state index in [1.54, 1.807) is 7.11 Å². The van der Waals surface area contributed by atoms with Crippen LogP contribution >= 0.6 is 0 Å². The molecule has 5 heteroatoms. The Balaban J connectivity index is 2.10. The van der Waals surface area contributed by atoms with E-state index in [-0.39, 0.29) is 0 Å². The predicted octanol–water partition coefficient (Wildman–Crippen LogP) is 1.08. The molecule has 0 aliphatic rings. The van der Waals surface area contributed by atoms with Crippen LogP contribution in [0.3, 0.4) is 0 Å². The molecule has 0 amide bonds. The second kappa shape index (κ2) is 6.14. The van der Waals surface area contributed by atoms with Crippen LogP contribution in [0.15, 0.2) is 24.4 Å². The first-order valence-corrected chi connectivity index (χ1v) is 6.40. The first-order valence-electron chi connectivity index (χ1n) is 6.40. The van der Waals surface area contributed by atoms with E-state index in [2.05, 4.69) is 14.3 Å². The smallest absolute Gasteiger partial charge is 0.137 e. The molecule has 1 unspecified atom stereocenters. The number of aliphatic hydroxyl groups is 1. The summed E-state index contributed by atoms with van der Waals surface area (Å²) in [6, 6.07) is 5.98. The molecule has 0 saturated carbocycles. The van der Waals surface area contributed by atoms with Gasteiger partial charge in [0.15, 0.2) is 0 Å². The maximum atomic E-state index is 9.74. The second-order valence-corrected chi connectivity index (χ2v) is 4.88. The molecular formula is C14H21N3O2. The molecule has 2 aromatic heterocycles. The van der Waals surface area contributed by atoms with Crippen LogP contribution < -0.4 is 0 Å². The standard InChI is InChI=1S/C14H21N3O2/c1-11-13(9-16(2)8-12(18)10-19-3)17-7-5-4-6-14(17)15-11/h4-7,12,18H,8-10H2,1-3H3. The molecule has 104 valence electrons. The number of likely N-dealkylation sites (N-methyl/N-ethyl adjacent to an activating group) is 1. The van der Waals surface area contributed by atoms with Gasteiger partial charge in [-0.3, -0.25) is 4.90 Å². The molecule has 0 saturated heterocycles. The summed E-state index contributed by atoms with van der Waals surface area (Å²) < 4.78 is 7.03. The molecule has 1 N–H and O–H groups in total. The fraction of sp³-hybridized carbons (Fsp3) is 0.500. The SMILES string of the molecule is COCC(O)CN(C)Cc1c(C)nc2ccccn12. The molecule has 0 aromatic carbocycles. The van der Waals surface area contributed by atoms with Gasteiger partial charge in [0.05, 0.1) is 24.1 Å². The summed E-state index contributed by atoms with van der Waals surface area (Å²) in [5.74, 6) is 0. The number of hydrogen-bond donors (Lipinski definition) is 1. The average Bonchev–Trinajstić information content (AvgIpc) is 2.66. The van der Waals surface area contributed by atoms with Gasteiger partial charge < -0.3 is 14.2 Å². The first-order chi connectivity index (χ1) is 9.11. The number of hydrogen-bond acceptors (Lipinski definition) is 4. The van der Waals surface area contributed by atoms with Crippen molar-refractivity contribution in [3.8, 4) is 0 Å². The number of pyridine rings is 1. The highest BCUT2D eigenvalue weighted by Gasteiger charge is 2.13. The third kappa shape index (κ3) is 3.32. The van der Waals surface area contributed by atoms with E-state index in [0.29, 0.717) is 13.2 Å². The Hall–Kier alpha value is -1.43. The molecular weight excluding hydrogens is 242 g/mol. The number of aryl methyl sites for hydroxylation is 1. The summed E-state index contributed by atoms with van der Waals surface area (Å²) in [5, 5.41) is 9.74. The Kier molecular flexibility index (Phi) is 4.52. The number of nitrogens with zero attached hydrogens (tertiary/aromatic N) is 3. The molecule has 0 aliphatic carbocycles. The fourth-order valence-electron chi connectivity index (χ4n) is 2.28.